The lowest BCUT2D eigenvalue weighted by Gasteiger charge is -1.96. The minimum absolute atomic E-state index is 0.129. The van der Waals surface area contributed by atoms with Crippen molar-refractivity contribution in [2.24, 2.45) is 11.8 Å². The first-order chi connectivity index (χ1) is 5.27. The molecule has 11 heavy (non-hydrogen) atoms. The maximum absolute atomic E-state index is 10.7. The van der Waals surface area contributed by atoms with Crippen molar-refractivity contribution in [1.29, 1.82) is 0 Å². The topological polar surface area (TPSA) is 46.5 Å². The summed E-state index contributed by atoms with van der Waals surface area (Å²) in [6.07, 6.45) is 2.44. The Morgan fingerprint density at radius 3 is 2.91 bits per heavy atom. The Bertz CT molecular complexity index is 144. The van der Waals surface area contributed by atoms with Crippen molar-refractivity contribution in [2.45, 2.75) is 19.3 Å². The van der Waals surface area contributed by atoms with Crippen molar-refractivity contribution >= 4 is 5.97 Å². The molecule has 3 nitrogen and oxygen atoms in total. The molecule has 0 radical (unpaired) electrons. The van der Waals surface area contributed by atoms with Gasteiger partial charge in [-0.3, -0.25) is 4.79 Å². The maximum Gasteiger partial charge on any atom is 0.305 e. The predicted octanol–water partition coefficient (Wildman–Crippen LogP) is 0.568. The largest absolute Gasteiger partial charge is 0.469 e. The number of esters is 1. The van der Waals surface area contributed by atoms with Crippen LogP contribution in [0.2, 0.25) is 0 Å². The number of aliphatic hydroxyl groups is 1. The predicted molar refractivity (Wildman–Crippen MR) is 39.9 cm³/mol. The van der Waals surface area contributed by atoms with E-state index < -0.39 is 0 Å². The molecule has 0 bridgehead atoms. The Labute approximate surface area is 66.4 Å². The standard InChI is InChI=1S/C8H14O3/c1-11-8(10)5-7-4-6(7)2-3-9/h6-7,9H,2-5H2,1H3/t6-,7-/m0/s1. The molecule has 0 aliphatic heterocycles. The van der Waals surface area contributed by atoms with Gasteiger partial charge in [-0.25, -0.2) is 0 Å². The summed E-state index contributed by atoms with van der Waals surface area (Å²) in [6.45, 7) is 0.238. The van der Waals surface area contributed by atoms with E-state index in [1.165, 1.54) is 7.11 Å². The summed E-state index contributed by atoms with van der Waals surface area (Å²) < 4.78 is 4.53. The highest BCUT2D eigenvalue weighted by molar-refractivity contribution is 5.69. The minimum Gasteiger partial charge on any atom is -0.469 e. The van der Waals surface area contributed by atoms with E-state index >= 15 is 0 Å². The Morgan fingerprint density at radius 2 is 2.36 bits per heavy atom. The van der Waals surface area contributed by atoms with Crippen LogP contribution in [0.4, 0.5) is 0 Å². The zero-order chi connectivity index (χ0) is 8.27. The van der Waals surface area contributed by atoms with Gasteiger partial charge in [0.15, 0.2) is 0 Å². The molecular weight excluding hydrogens is 144 g/mol. The van der Waals surface area contributed by atoms with Gasteiger partial charge in [-0.2, -0.15) is 0 Å². The van der Waals surface area contributed by atoms with Crippen LogP contribution in [-0.2, 0) is 9.53 Å². The summed E-state index contributed by atoms with van der Waals surface area (Å²) in [5, 5.41) is 8.57. The lowest BCUT2D eigenvalue weighted by atomic mass is 10.2. The molecule has 0 aromatic heterocycles. The molecule has 1 aliphatic carbocycles. The van der Waals surface area contributed by atoms with E-state index in [-0.39, 0.29) is 12.6 Å². The summed E-state index contributed by atoms with van der Waals surface area (Å²) in [7, 11) is 1.41. The van der Waals surface area contributed by atoms with Crippen LogP contribution in [0.15, 0.2) is 0 Å². The summed E-state index contributed by atoms with van der Waals surface area (Å²) >= 11 is 0. The van der Waals surface area contributed by atoms with Gasteiger partial charge in [-0.1, -0.05) is 0 Å². The Hall–Kier alpha value is -0.570. The molecule has 1 fully saturated rings. The number of carbonyl (C=O) groups is 1. The van der Waals surface area contributed by atoms with Crippen LogP contribution in [0.25, 0.3) is 0 Å². The Morgan fingerprint density at radius 1 is 1.64 bits per heavy atom. The summed E-state index contributed by atoms with van der Waals surface area (Å²) in [6, 6.07) is 0. The highest BCUT2D eigenvalue weighted by atomic mass is 16.5. The maximum atomic E-state index is 10.7. The number of methoxy groups -OCH3 is 1. The normalized spacial score (nSPS) is 28.2. The SMILES string of the molecule is COC(=O)C[C@@H]1C[C@@H]1CCO. The van der Waals surface area contributed by atoms with Crippen LogP contribution in [0.5, 0.6) is 0 Å². The second kappa shape index (κ2) is 3.72. The lowest BCUT2D eigenvalue weighted by Crippen LogP contribution is -2.02. The van der Waals surface area contributed by atoms with Crippen molar-refractivity contribution in [3.63, 3.8) is 0 Å². The number of rotatable bonds is 4. The lowest BCUT2D eigenvalue weighted by molar-refractivity contribution is -0.141. The van der Waals surface area contributed by atoms with Gasteiger partial charge < -0.3 is 9.84 Å². The van der Waals surface area contributed by atoms with Gasteiger partial charge in [-0.15, -0.1) is 0 Å². The summed E-state index contributed by atoms with van der Waals surface area (Å²) in [5.74, 6) is 0.920. The average Bonchev–Trinajstić information content (AvgIpc) is 2.69. The number of carbonyl (C=O) groups excluding carboxylic acids is 1. The highest BCUT2D eigenvalue weighted by Crippen LogP contribution is 2.43. The zero-order valence-corrected chi connectivity index (χ0v) is 6.75. The fourth-order valence-corrected chi connectivity index (χ4v) is 1.38. The highest BCUT2D eigenvalue weighted by Gasteiger charge is 2.37. The van der Waals surface area contributed by atoms with Crippen molar-refractivity contribution in [2.75, 3.05) is 13.7 Å². The molecule has 1 saturated carbocycles. The molecule has 0 saturated heterocycles. The quantitative estimate of drug-likeness (QED) is 0.608. The van der Waals surface area contributed by atoms with Gasteiger partial charge in [0.1, 0.15) is 0 Å². The van der Waals surface area contributed by atoms with Crippen molar-refractivity contribution < 1.29 is 14.6 Å². The van der Waals surface area contributed by atoms with Gasteiger partial charge in [0.2, 0.25) is 0 Å². The first-order valence-corrected chi connectivity index (χ1v) is 3.95. The molecule has 1 aliphatic rings. The molecular formula is C8H14O3. The molecule has 1 N–H and O–H groups in total. The van der Waals surface area contributed by atoms with Gasteiger partial charge in [0.25, 0.3) is 0 Å². The van der Waals surface area contributed by atoms with Gasteiger partial charge in [0.05, 0.1) is 7.11 Å². The molecule has 3 heteroatoms. The Balaban J connectivity index is 2.08. The van der Waals surface area contributed by atoms with Crippen LogP contribution in [-0.4, -0.2) is 24.8 Å². The van der Waals surface area contributed by atoms with Gasteiger partial charge in [-0.05, 0) is 24.7 Å². The molecule has 0 unspecified atom stereocenters. The summed E-state index contributed by atoms with van der Waals surface area (Å²) in [4.78, 5) is 10.7. The molecule has 2 atom stereocenters. The van der Waals surface area contributed by atoms with Crippen molar-refractivity contribution in [3.8, 4) is 0 Å². The zero-order valence-electron chi connectivity index (χ0n) is 6.75. The van der Waals surface area contributed by atoms with Gasteiger partial charge in [0, 0.05) is 13.0 Å². The Kier molecular flexibility index (Phi) is 2.88. The van der Waals surface area contributed by atoms with E-state index in [2.05, 4.69) is 4.74 Å². The molecule has 0 spiro atoms. The first kappa shape index (κ1) is 8.53. The van der Waals surface area contributed by atoms with E-state index in [0.29, 0.717) is 18.3 Å². The van der Waals surface area contributed by atoms with Crippen molar-refractivity contribution in [3.05, 3.63) is 0 Å². The van der Waals surface area contributed by atoms with Crippen LogP contribution >= 0.6 is 0 Å². The third kappa shape index (κ3) is 2.50. The van der Waals surface area contributed by atoms with E-state index in [0.717, 1.165) is 12.8 Å². The van der Waals surface area contributed by atoms with Crippen LogP contribution in [0, 0.1) is 11.8 Å². The first-order valence-electron chi connectivity index (χ1n) is 3.95. The van der Waals surface area contributed by atoms with Crippen LogP contribution < -0.4 is 0 Å². The third-order valence-electron chi connectivity index (χ3n) is 2.23. The molecule has 1 rings (SSSR count). The minimum atomic E-state index is -0.129. The van der Waals surface area contributed by atoms with Crippen molar-refractivity contribution in [1.82, 2.24) is 0 Å². The second-order valence-corrected chi connectivity index (χ2v) is 3.05. The van der Waals surface area contributed by atoms with E-state index in [1.807, 2.05) is 0 Å². The fraction of sp³-hybridized carbons (Fsp3) is 0.875. The number of ether oxygens (including phenoxy) is 1. The van der Waals surface area contributed by atoms with Gasteiger partial charge >= 0.3 is 5.97 Å². The second-order valence-electron chi connectivity index (χ2n) is 3.05. The van der Waals surface area contributed by atoms with Crippen LogP contribution in [0.3, 0.4) is 0 Å². The average molecular weight is 158 g/mol. The monoisotopic (exact) mass is 158 g/mol. The van der Waals surface area contributed by atoms with E-state index in [1.54, 1.807) is 0 Å². The van der Waals surface area contributed by atoms with E-state index in [9.17, 15) is 4.79 Å². The summed E-state index contributed by atoms with van der Waals surface area (Å²) in [5.41, 5.74) is 0. The number of hydrogen-bond acceptors (Lipinski definition) is 3. The third-order valence-corrected chi connectivity index (χ3v) is 2.23. The molecule has 0 aromatic carbocycles. The van der Waals surface area contributed by atoms with Crippen LogP contribution in [0.1, 0.15) is 19.3 Å². The number of aliphatic hydroxyl groups excluding tert-OH is 1. The van der Waals surface area contributed by atoms with E-state index in [4.69, 9.17) is 5.11 Å². The number of hydrogen-bond donors (Lipinski definition) is 1. The smallest absolute Gasteiger partial charge is 0.305 e. The molecule has 0 amide bonds. The fourth-order valence-electron chi connectivity index (χ4n) is 1.38. The molecule has 64 valence electrons. The molecule has 0 aromatic rings. The molecule has 0 heterocycles.